The smallest absolute Gasteiger partial charge is 0.327 e. The second-order valence-corrected chi connectivity index (χ2v) is 8.37. The zero-order valence-electron chi connectivity index (χ0n) is 16.5. The lowest BCUT2D eigenvalue weighted by Gasteiger charge is -2.25. The molecular weight excluding hydrogens is 437 g/mol. The molecule has 1 aliphatic heterocycles. The molecule has 0 bridgehead atoms. The molecule has 2 unspecified atom stereocenters. The Morgan fingerprint density at radius 3 is 2.13 bits per heavy atom. The van der Waals surface area contributed by atoms with Gasteiger partial charge in [0, 0.05) is 16.6 Å². The summed E-state index contributed by atoms with van der Waals surface area (Å²) >= 11 is 11.9. The lowest BCUT2D eigenvalue weighted by molar-refractivity contribution is -0.143. The van der Waals surface area contributed by atoms with E-state index in [9.17, 15) is 29.4 Å². The van der Waals surface area contributed by atoms with E-state index in [1.165, 1.54) is 11.0 Å². The summed E-state index contributed by atoms with van der Waals surface area (Å²) in [7, 11) is 0. The Morgan fingerprint density at radius 2 is 1.63 bits per heavy atom. The van der Waals surface area contributed by atoms with Gasteiger partial charge in [0.15, 0.2) is 0 Å². The lowest BCUT2D eigenvalue weighted by Crippen LogP contribution is -2.53. The van der Waals surface area contributed by atoms with Crippen molar-refractivity contribution in [1.29, 1.82) is 0 Å². The maximum absolute atomic E-state index is 12.7. The monoisotopic (exact) mass is 459 g/mol. The minimum Gasteiger partial charge on any atom is -0.480 e. The van der Waals surface area contributed by atoms with Crippen molar-refractivity contribution in [2.24, 2.45) is 5.92 Å². The number of halogens is 2. The van der Waals surface area contributed by atoms with Gasteiger partial charge in [-0.3, -0.25) is 24.6 Å². The summed E-state index contributed by atoms with van der Waals surface area (Å²) < 4.78 is 0. The highest BCUT2D eigenvalue weighted by Gasteiger charge is 2.39. The number of amides is 3. The number of aliphatic carboxylic acids is 2. The lowest BCUT2D eigenvalue weighted by atomic mass is 10.0. The van der Waals surface area contributed by atoms with E-state index in [1.54, 1.807) is 26.0 Å². The first kappa shape index (κ1) is 23.9. The number of hydrogen-bond donors (Lipinski definition) is 3. The fourth-order valence-electron chi connectivity index (χ4n) is 3.16. The Bertz CT molecular complexity index is 827. The molecule has 0 spiro atoms. The number of nitrogens with zero attached hydrogens (tertiary/aromatic N) is 2. The molecule has 9 nitrogen and oxygen atoms in total. The van der Waals surface area contributed by atoms with Crippen LogP contribution in [0.4, 0.5) is 4.79 Å². The van der Waals surface area contributed by atoms with Crippen molar-refractivity contribution in [1.82, 2.24) is 15.1 Å². The third-order valence-electron chi connectivity index (χ3n) is 4.50. The number of carbonyl (C=O) groups is 4. The standard InChI is InChI=1S/C19H23Cl2N3O6/c1-10(2)3-14(17(26)27)22-15(18(28)29)8-24-16(25)9-23(19(24)30)7-11-4-12(20)6-13(21)5-11/h4-6,10,14-15,22H,3,7-9H2,1-2H3,(H,26,27)(H,28,29). The molecular formula is C19H23Cl2N3O6. The van der Waals surface area contributed by atoms with Crippen molar-refractivity contribution in [2.75, 3.05) is 13.1 Å². The van der Waals surface area contributed by atoms with Crippen LogP contribution in [0, 0.1) is 5.92 Å². The third kappa shape index (κ3) is 6.32. The van der Waals surface area contributed by atoms with Crippen molar-refractivity contribution < 1.29 is 29.4 Å². The van der Waals surface area contributed by atoms with Crippen molar-refractivity contribution in [2.45, 2.75) is 38.9 Å². The zero-order valence-corrected chi connectivity index (χ0v) is 18.0. The minimum absolute atomic E-state index is 0.00288. The van der Waals surface area contributed by atoms with E-state index in [0.29, 0.717) is 15.6 Å². The molecule has 0 aromatic heterocycles. The summed E-state index contributed by atoms with van der Waals surface area (Å²) in [6.07, 6.45) is 0.197. The van der Waals surface area contributed by atoms with Crippen LogP contribution in [0.25, 0.3) is 0 Å². The first-order valence-electron chi connectivity index (χ1n) is 9.23. The Balaban J connectivity index is 2.11. The highest BCUT2D eigenvalue weighted by molar-refractivity contribution is 6.34. The number of nitrogens with one attached hydrogen (secondary N) is 1. The van der Waals surface area contributed by atoms with E-state index in [1.807, 2.05) is 0 Å². The van der Waals surface area contributed by atoms with Gasteiger partial charge in [-0.05, 0) is 36.1 Å². The summed E-state index contributed by atoms with van der Waals surface area (Å²) in [6, 6.07) is 1.55. The second-order valence-electron chi connectivity index (χ2n) is 7.50. The van der Waals surface area contributed by atoms with Crippen LogP contribution in [-0.4, -0.2) is 69.1 Å². The normalized spacial score (nSPS) is 16.3. The van der Waals surface area contributed by atoms with Crippen molar-refractivity contribution in [3.05, 3.63) is 33.8 Å². The second kappa shape index (κ2) is 10.1. The molecule has 3 N–H and O–H groups in total. The van der Waals surface area contributed by atoms with Gasteiger partial charge in [-0.1, -0.05) is 37.0 Å². The number of imide groups is 1. The molecule has 3 amide bonds. The van der Waals surface area contributed by atoms with Crippen molar-refractivity contribution in [3.63, 3.8) is 0 Å². The summed E-state index contributed by atoms with van der Waals surface area (Å²) in [6.45, 7) is 2.96. The maximum atomic E-state index is 12.7. The van der Waals surface area contributed by atoms with E-state index >= 15 is 0 Å². The number of hydrogen-bond acceptors (Lipinski definition) is 5. The Kier molecular flexibility index (Phi) is 8.05. The van der Waals surface area contributed by atoms with E-state index in [2.05, 4.69) is 5.32 Å². The third-order valence-corrected chi connectivity index (χ3v) is 4.93. The maximum Gasteiger partial charge on any atom is 0.327 e. The molecule has 0 aliphatic carbocycles. The van der Waals surface area contributed by atoms with Crippen LogP contribution in [0.15, 0.2) is 18.2 Å². The van der Waals surface area contributed by atoms with Crippen LogP contribution >= 0.6 is 23.2 Å². The Morgan fingerprint density at radius 1 is 1.07 bits per heavy atom. The number of urea groups is 1. The topological polar surface area (TPSA) is 127 Å². The first-order valence-corrected chi connectivity index (χ1v) is 9.99. The molecule has 1 heterocycles. The van der Waals surface area contributed by atoms with Crippen LogP contribution in [0.1, 0.15) is 25.8 Å². The molecule has 30 heavy (non-hydrogen) atoms. The Labute approximate surface area is 183 Å². The van der Waals surface area contributed by atoms with Crippen LogP contribution < -0.4 is 5.32 Å². The van der Waals surface area contributed by atoms with E-state index < -0.39 is 42.5 Å². The largest absolute Gasteiger partial charge is 0.480 e. The zero-order chi connectivity index (χ0) is 22.6. The minimum atomic E-state index is -1.42. The molecule has 164 valence electrons. The van der Waals surface area contributed by atoms with Gasteiger partial charge in [-0.15, -0.1) is 0 Å². The van der Waals surface area contributed by atoms with Crippen LogP contribution in [0.5, 0.6) is 0 Å². The number of rotatable bonds is 10. The predicted octanol–water partition coefficient (Wildman–Crippen LogP) is 2.30. The average Bonchev–Trinajstić information content (AvgIpc) is 2.86. The molecule has 1 saturated heterocycles. The van der Waals surface area contributed by atoms with Crippen LogP contribution in [0.3, 0.4) is 0 Å². The number of carbonyl (C=O) groups excluding carboxylic acids is 2. The van der Waals surface area contributed by atoms with E-state index in [4.69, 9.17) is 23.2 Å². The summed E-state index contributed by atoms with van der Waals surface area (Å²) in [5.74, 6) is -3.13. The molecule has 1 aliphatic rings. The van der Waals surface area contributed by atoms with Crippen LogP contribution in [0.2, 0.25) is 10.0 Å². The van der Waals surface area contributed by atoms with Crippen molar-refractivity contribution in [3.8, 4) is 0 Å². The van der Waals surface area contributed by atoms with Gasteiger partial charge in [0.05, 0.1) is 6.54 Å². The SMILES string of the molecule is CC(C)CC(NC(CN1C(=O)CN(Cc2cc(Cl)cc(Cl)c2)C1=O)C(=O)O)C(=O)O. The molecule has 2 rings (SSSR count). The van der Waals surface area contributed by atoms with Gasteiger partial charge in [0.1, 0.15) is 18.6 Å². The summed E-state index contributed by atoms with van der Waals surface area (Å²) in [4.78, 5) is 50.2. The van der Waals surface area contributed by atoms with Gasteiger partial charge >= 0.3 is 18.0 Å². The molecule has 2 atom stereocenters. The molecule has 11 heteroatoms. The molecule has 0 saturated carbocycles. The van der Waals surface area contributed by atoms with Gasteiger partial charge in [-0.25, -0.2) is 4.79 Å². The van der Waals surface area contributed by atoms with E-state index in [-0.39, 0.29) is 25.4 Å². The molecule has 0 radical (unpaired) electrons. The van der Waals surface area contributed by atoms with Crippen molar-refractivity contribution >= 4 is 47.1 Å². The average molecular weight is 460 g/mol. The molecule has 1 aromatic carbocycles. The Hall–Kier alpha value is -2.36. The predicted molar refractivity (Wildman–Crippen MR) is 109 cm³/mol. The van der Waals surface area contributed by atoms with Gasteiger partial charge in [0.25, 0.3) is 0 Å². The van der Waals surface area contributed by atoms with Gasteiger partial charge < -0.3 is 15.1 Å². The quantitative estimate of drug-likeness (QED) is 0.457. The van der Waals surface area contributed by atoms with Gasteiger partial charge in [0.2, 0.25) is 5.91 Å². The highest BCUT2D eigenvalue weighted by atomic mass is 35.5. The highest BCUT2D eigenvalue weighted by Crippen LogP contribution is 2.22. The number of carboxylic acid groups (broad SMARTS) is 2. The summed E-state index contributed by atoms with van der Waals surface area (Å²) in [5, 5.41) is 22.1. The fourth-order valence-corrected chi connectivity index (χ4v) is 3.73. The fraction of sp³-hybridized carbons (Fsp3) is 0.474. The van der Waals surface area contributed by atoms with Gasteiger partial charge in [-0.2, -0.15) is 0 Å². The number of carboxylic acids is 2. The summed E-state index contributed by atoms with van der Waals surface area (Å²) in [5.41, 5.74) is 0.617. The molecule has 1 aromatic rings. The van der Waals surface area contributed by atoms with E-state index in [0.717, 1.165) is 4.90 Å². The number of benzene rings is 1. The van der Waals surface area contributed by atoms with Crippen LogP contribution in [-0.2, 0) is 20.9 Å². The first-order chi connectivity index (χ1) is 14.0. The molecule has 1 fully saturated rings.